The maximum Gasteiger partial charge on any atom is 0.0218 e. The highest BCUT2D eigenvalue weighted by Crippen LogP contribution is 2.22. The molecule has 1 nitrogen and oxygen atoms in total. The number of nitrogens with zero attached hydrogens (tertiary/aromatic N) is 1. The standard InChI is InChI=1S/C5H11NS.3C2H6/c1-5(2)6-3-4-7-6;3*1-2/h5H,3-4H2,1-2H3;3*1-2H3. The van der Waals surface area contributed by atoms with Gasteiger partial charge in [-0.1, -0.05) is 53.5 Å². The van der Waals surface area contributed by atoms with Crippen LogP contribution in [0.5, 0.6) is 0 Å². The molecule has 1 heterocycles. The van der Waals surface area contributed by atoms with Gasteiger partial charge in [-0.05, 0) is 13.8 Å². The first-order chi connectivity index (χ1) is 6.30. The third-order valence-electron chi connectivity index (χ3n) is 1.14. The summed E-state index contributed by atoms with van der Waals surface area (Å²) in [6.07, 6.45) is 0. The van der Waals surface area contributed by atoms with E-state index in [1.54, 1.807) is 0 Å². The Labute approximate surface area is 90.4 Å². The third-order valence-corrected chi connectivity index (χ3v) is 2.45. The summed E-state index contributed by atoms with van der Waals surface area (Å²) in [5, 5.41) is 0. The molecule has 0 bridgehead atoms. The second kappa shape index (κ2) is 18.2. The predicted octanol–water partition coefficient (Wildman–Crippen LogP) is 4.44. The van der Waals surface area contributed by atoms with Crippen molar-refractivity contribution in [3.05, 3.63) is 0 Å². The molecule has 1 rings (SSSR count). The molecule has 0 atom stereocenters. The summed E-state index contributed by atoms with van der Waals surface area (Å²) >= 11 is 1.95. The van der Waals surface area contributed by atoms with E-state index in [9.17, 15) is 0 Å². The van der Waals surface area contributed by atoms with Crippen molar-refractivity contribution < 1.29 is 0 Å². The molecule has 0 aromatic rings. The first-order valence-electron chi connectivity index (χ1n) is 5.70. The topological polar surface area (TPSA) is 3.24 Å². The molecule has 0 spiro atoms. The van der Waals surface area contributed by atoms with E-state index >= 15 is 0 Å². The molecule has 1 saturated heterocycles. The number of hydrogen-bond acceptors (Lipinski definition) is 2. The average molecular weight is 207 g/mol. The van der Waals surface area contributed by atoms with Gasteiger partial charge in [0.1, 0.15) is 0 Å². The molecule has 0 unspecified atom stereocenters. The number of rotatable bonds is 1. The molecule has 0 N–H and O–H groups in total. The van der Waals surface area contributed by atoms with Gasteiger partial charge in [-0.15, -0.1) is 0 Å². The summed E-state index contributed by atoms with van der Waals surface area (Å²) in [7, 11) is 0. The fourth-order valence-electron chi connectivity index (χ4n) is 0.604. The van der Waals surface area contributed by atoms with Gasteiger partial charge in [0.15, 0.2) is 0 Å². The molecule has 1 aliphatic rings. The molecule has 13 heavy (non-hydrogen) atoms. The first-order valence-corrected chi connectivity index (χ1v) is 6.64. The van der Waals surface area contributed by atoms with Crippen molar-refractivity contribution >= 4 is 11.9 Å². The van der Waals surface area contributed by atoms with Crippen molar-refractivity contribution in [2.45, 2.75) is 61.4 Å². The summed E-state index contributed by atoms with van der Waals surface area (Å²) in [6, 6.07) is 0.749. The predicted molar refractivity (Wildman–Crippen MR) is 68.3 cm³/mol. The van der Waals surface area contributed by atoms with E-state index in [2.05, 4.69) is 18.2 Å². The summed E-state index contributed by atoms with van der Waals surface area (Å²) in [5.74, 6) is 1.33. The van der Waals surface area contributed by atoms with E-state index in [1.807, 2.05) is 53.5 Å². The van der Waals surface area contributed by atoms with Crippen LogP contribution in [0, 0.1) is 0 Å². The van der Waals surface area contributed by atoms with Crippen LogP contribution in [0.15, 0.2) is 0 Å². The lowest BCUT2D eigenvalue weighted by Crippen LogP contribution is -2.34. The SMILES string of the molecule is CC.CC.CC.CC(C)N1CCS1. The first kappa shape index (κ1) is 19.0. The molecule has 0 amide bonds. The summed E-state index contributed by atoms with van der Waals surface area (Å²) in [5.41, 5.74) is 0. The fraction of sp³-hybridized carbons (Fsp3) is 1.00. The summed E-state index contributed by atoms with van der Waals surface area (Å²) in [4.78, 5) is 0. The Bertz CT molecular complexity index is 61.1. The van der Waals surface area contributed by atoms with Crippen molar-refractivity contribution in [3.8, 4) is 0 Å². The van der Waals surface area contributed by atoms with E-state index in [1.165, 1.54) is 12.3 Å². The van der Waals surface area contributed by atoms with Gasteiger partial charge in [0, 0.05) is 18.3 Å². The lowest BCUT2D eigenvalue weighted by Gasteiger charge is -2.32. The van der Waals surface area contributed by atoms with Crippen molar-refractivity contribution in [1.82, 2.24) is 4.31 Å². The molecular formula is C11H29NS. The van der Waals surface area contributed by atoms with E-state index < -0.39 is 0 Å². The van der Waals surface area contributed by atoms with Gasteiger partial charge in [-0.2, -0.15) is 0 Å². The summed E-state index contributed by atoms with van der Waals surface area (Å²) in [6.45, 7) is 17.8. The molecule has 0 aliphatic carbocycles. The minimum Gasteiger partial charge on any atom is -0.247 e. The van der Waals surface area contributed by atoms with Gasteiger partial charge in [0.05, 0.1) is 0 Å². The van der Waals surface area contributed by atoms with Gasteiger partial charge >= 0.3 is 0 Å². The largest absolute Gasteiger partial charge is 0.247 e. The quantitative estimate of drug-likeness (QED) is 0.585. The minimum atomic E-state index is 0.749. The molecule has 0 aromatic carbocycles. The molecule has 1 fully saturated rings. The average Bonchev–Trinajstić information content (AvgIpc) is 2.11. The van der Waals surface area contributed by atoms with Gasteiger partial charge < -0.3 is 0 Å². The Kier molecular flexibility index (Phi) is 26.5. The van der Waals surface area contributed by atoms with Crippen molar-refractivity contribution in [3.63, 3.8) is 0 Å². The van der Waals surface area contributed by atoms with Gasteiger partial charge in [-0.25, -0.2) is 4.31 Å². The molecule has 2 heteroatoms. The highest BCUT2D eigenvalue weighted by Gasteiger charge is 2.16. The van der Waals surface area contributed by atoms with Crippen LogP contribution in [0.4, 0.5) is 0 Å². The van der Waals surface area contributed by atoms with Crippen LogP contribution < -0.4 is 0 Å². The van der Waals surface area contributed by atoms with Gasteiger partial charge in [0.25, 0.3) is 0 Å². The highest BCUT2D eigenvalue weighted by atomic mass is 32.2. The molecule has 0 radical (unpaired) electrons. The summed E-state index contributed by atoms with van der Waals surface area (Å²) < 4.78 is 2.39. The third kappa shape index (κ3) is 12.3. The van der Waals surface area contributed by atoms with Crippen LogP contribution in [-0.4, -0.2) is 22.6 Å². The maximum atomic E-state index is 2.39. The van der Waals surface area contributed by atoms with Crippen molar-refractivity contribution in [1.29, 1.82) is 0 Å². The second-order valence-corrected chi connectivity index (χ2v) is 3.20. The van der Waals surface area contributed by atoms with Crippen LogP contribution in [0.25, 0.3) is 0 Å². The molecule has 0 aromatic heterocycles. The van der Waals surface area contributed by atoms with Gasteiger partial charge in [-0.3, -0.25) is 0 Å². The van der Waals surface area contributed by atoms with E-state index in [0.717, 1.165) is 6.04 Å². The van der Waals surface area contributed by atoms with Crippen LogP contribution >= 0.6 is 11.9 Å². The monoisotopic (exact) mass is 207 g/mol. The highest BCUT2D eigenvalue weighted by molar-refractivity contribution is 7.98. The van der Waals surface area contributed by atoms with E-state index in [-0.39, 0.29) is 0 Å². The molecular weight excluding hydrogens is 178 g/mol. The Morgan fingerprint density at radius 3 is 1.23 bits per heavy atom. The lowest BCUT2D eigenvalue weighted by atomic mass is 10.4. The van der Waals surface area contributed by atoms with Crippen LogP contribution in [0.1, 0.15) is 55.4 Å². The normalized spacial score (nSPS) is 13.6. The van der Waals surface area contributed by atoms with Crippen molar-refractivity contribution in [2.75, 3.05) is 12.3 Å². The maximum absolute atomic E-state index is 2.39. The lowest BCUT2D eigenvalue weighted by molar-refractivity contribution is 0.389. The Hall–Kier alpha value is 0.310. The zero-order valence-corrected chi connectivity index (χ0v) is 11.7. The van der Waals surface area contributed by atoms with Crippen LogP contribution in [0.3, 0.4) is 0 Å². The number of hydrogen-bond donors (Lipinski definition) is 0. The van der Waals surface area contributed by atoms with Crippen LogP contribution in [-0.2, 0) is 0 Å². The zero-order valence-electron chi connectivity index (χ0n) is 10.8. The minimum absolute atomic E-state index is 0.749. The van der Waals surface area contributed by atoms with E-state index in [0.29, 0.717) is 0 Å². The Morgan fingerprint density at radius 1 is 0.923 bits per heavy atom. The van der Waals surface area contributed by atoms with Gasteiger partial charge in [0.2, 0.25) is 0 Å². The van der Waals surface area contributed by atoms with E-state index in [4.69, 9.17) is 0 Å². The van der Waals surface area contributed by atoms with Crippen LogP contribution in [0.2, 0.25) is 0 Å². The molecule has 1 aliphatic heterocycles. The Balaban J connectivity index is -0.000000144. The smallest absolute Gasteiger partial charge is 0.0218 e. The zero-order chi connectivity index (χ0) is 11.3. The molecule has 84 valence electrons. The fourth-order valence-corrected chi connectivity index (χ4v) is 1.30. The molecule has 0 saturated carbocycles. The Morgan fingerprint density at radius 2 is 1.23 bits per heavy atom. The second-order valence-electron chi connectivity index (χ2n) is 2.07. The van der Waals surface area contributed by atoms with Crippen molar-refractivity contribution in [2.24, 2.45) is 0 Å².